The summed E-state index contributed by atoms with van der Waals surface area (Å²) in [4.78, 5) is 79.5. The van der Waals surface area contributed by atoms with Gasteiger partial charge in [-0.1, -0.05) is 39.8 Å². The molecule has 14 nitrogen and oxygen atoms in total. The molecule has 4 aromatic carbocycles. The third-order valence-corrected chi connectivity index (χ3v) is 11.5. The van der Waals surface area contributed by atoms with Gasteiger partial charge in [-0.25, -0.2) is 0 Å². The van der Waals surface area contributed by atoms with Crippen LogP contribution in [0.25, 0.3) is 21.5 Å². The zero-order valence-electron chi connectivity index (χ0n) is 35.5. The monoisotopic (exact) mass is 952 g/mol. The summed E-state index contributed by atoms with van der Waals surface area (Å²) >= 11 is 0. The molecule has 0 atom stereocenters. The topological polar surface area (TPSA) is 161 Å². The minimum atomic E-state index is -0.496. The van der Waals surface area contributed by atoms with E-state index in [0.29, 0.717) is 42.0 Å². The first-order valence-corrected chi connectivity index (χ1v) is 19.8. The van der Waals surface area contributed by atoms with Crippen LogP contribution in [0.3, 0.4) is 0 Å². The first-order chi connectivity index (χ1) is 27.0. The summed E-state index contributed by atoms with van der Waals surface area (Å²) in [6.45, 7) is 12.0. The Morgan fingerprint density at radius 2 is 0.833 bits per heavy atom. The second-order valence-corrected chi connectivity index (χ2v) is 19.0. The molecule has 0 spiro atoms. The fourth-order valence-corrected chi connectivity index (χ4v) is 9.73. The molecule has 4 amide bonds. The van der Waals surface area contributed by atoms with Gasteiger partial charge in [0.15, 0.2) is 0 Å². The maximum atomic E-state index is 13.7. The first kappa shape index (κ1) is 48.0. The van der Waals surface area contributed by atoms with Crippen LogP contribution in [0, 0.1) is 31.1 Å². The zero-order valence-corrected chi connectivity index (χ0v) is 38.7. The van der Waals surface area contributed by atoms with Gasteiger partial charge in [-0.15, -0.1) is 0 Å². The van der Waals surface area contributed by atoms with Crippen LogP contribution in [0.5, 0.6) is 0 Å². The Hall–Kier alpha value is -4.64. The number of unbranched alkanes of at least 4 members (excludes halogenated alkanes) is 3. The summed E-state index contributed by atoms with van der Waals surface area (Å²) < 4.78 is 1.42. The van der Waals surface area contributed by atoms with Gasteiger partial charge in [0.05, 0.1) is 75.0 Å². The number of carbonyl (C=O) groups is 4. The van der Waals surface area contributed by atoms with Gasteiger partial charge in [0, 0.05) is 69.1 Å². The molecule has 4 aromatic rings. The molecule has 2 aliphatic heterocycles. The normalized spacial score (nSPS) is 14.4. The Kier molecular flexibility index (Phi) is 14.2. The van der Waals surface area contributed by atoms with Crippen LogP contribution in [0.4, 0.5) is 11.4 Å². The lowest BCUT2D eigenvalue weighted by Gasteiger charge is -2.40. The second kappa shape index (κ2) is 17.8. The minimum absolute atomic E-state index is 0. The van der Waals surface area contributed by atoms with E-state index in [0.717, 1.165) is 51.9 Å². The average Bonchev–Trinajstić information content (AvgIpc) is 3.12. The van der Waals surface area contributed by atoms with Crippen molar-refractivity contribution in [1.82, 2.24) is 9.80 Å². The Bertz CT molecular complexity index is 2190. The molecule has 0 saturated heterocycles. The number of rotatable bonds is 17. The number of nitro benzene ring substituents is 2. The molecule has 16 heteroatoms. The van der Waals surface area contributed by atoms with Crippen molar-refractivity contribution in [3.63, 3.8) is 0 Å². The molecule has 0 aliphatic carbocycles. The summed E-state index contributed by atoms with van der Waals surface area (Å²) in [5, 5.41) is 24.5. The van der Waals surface area contributed by atoms with E-state index < -0.39 is 44.3 Å². The van der Waals surface area contributed by atoms with E-state index in [-0.39, 0.29) is 69.2 Å². The maximum Gasteiger partial charge on any atom is 0.277 e. The average molecular weight is 955 g/mol. The number of quaternary nitrogens is 2. The van der Waals surface area contributed by atoms with E-state index >= 15 is 0 Å². The SMILES string of the molecule is CC(C)(CN1C(=O)c2cccc3c([N+](=O)[O-])ccc(c23)C1=O)C[N+](C)(C)CCCCCC[N+](C)(C)CC(C)(C)CN1C(=O)c2cccc3c([N+](=O)[O-])ccc(c23)C1=O.[Br-].[Br-]. The number of amides is 4. The molecule has 0 bridgehead atoms. The third kappa shape index (κ3) is 9.77. The minimum Gasteiger partial charge on any atom is -1.00 e. The lowest BCUT2D eigenvalue weighted by molar-refractivity contribution is -0.897. The van der Waals surface area contributed by atoms with Gasteiger partial charge in [0.2, 0.25) is 0 Å². The van der Waals surface area contributed by atoms with Crippen LogP contribution in [-0.4, -0.2) is 120 Å². The number of halogens is 2. The molecule has 2 aliphatic rings. The Morgan fingerprint density at radius 1 is 0.517 bits per heavy atom. The Balaban J connectivity index is 0.00000397. The van der Waals surface area contributed by atoms with Crippen LogP contribution in [0.15, 0.2) is 60.7 Å². The van der Waals surface area contributed by atoms with Gasteiger partial charge in [0.1, 0.15) is 0 Å². The number of nitrogens with zero attached hydrogens (tertiary/aromatic N) is 6. The number of nitro groups is 2. The van der Waals surface area contributed by atoms with Crippen LogP contribution in [0.2, 0.25) is 0 Å². The van der Waals surface area contributed by atoms with E-state index in [1.807, 2.05) is 0 Å². The number of hydrogen-bond donors (Lipinski definition) is 0. The van der Waals surface area contributed by atoms with Gasteiger partial charge < -0.3 is 42.9 Å². The fourth-order valence-electron chi connectivity index (χ4n) is 9.73. The van der Waals surface area contributed by atoms with Crippen molar-refractivity contribution in [2.75, 3.05) is 67.5 Å². The largest absolute Gasteiger partial charge is 1.00 e. The van der Waals surface area contributed by atoms with Crippen LogP contribution in [0.1, 0.15) is 94.8 Å². The van der Waals surface area contributed by atoms with Crippen LogP contribution in [-0.2, 0) is 0 Å². The van der Waals surface area contributed by atoms with Crippen molar-refractivity contribution in [3.8, 4) is 0 Å². The fraction of sp³-hybridized carbons (Fsp3) is 0.455. The van der Waals surface area contributed by atoms with Crippen molar-refractivity contribution in [2.45, 2.75) is 53.4 Å². The highest BCUT2D eigenvalue weighted by Gasteiger charge is 2.41. The van der Waals surface area contributed by atoms with Crippen LogP contribution < -0.4 is 34.0 Å². The van der Waals surface area contributed by atoms with Gasteiger partial charge in [0.25, 0.3) is 35.0 Å². The lowest BCUT2D eigenvalue weighted by atomic mass is 9.87. The van der Waals surface area contributed by atoms with E-state index in [4.69, 9.17) is 0 Å². The maximum absolute atomic E-state index is 13.7. The van der Waals surface area contributed by atoms with Gasteiger partial charge >= 0.3 is 0 Å². The summed E-state index contributed by atoms with van der Waals surface area (Å²) in [5.74, 6) is -1.73. The number of benzene rings is 4. The molecule has 0 N–H and O–H groups in total. The molecule has 0 fully saturated rings. The lowest BCUT2D eigenvalue weighted by Crippen LogP contribution is -3.00. The van der Waals surface area contributed by atoms with Crippen molar-refractivity contribution >= 4 is 56.5 Å². The van der Waals surface area contributed by atoms with Gasteiger partial charge in [-0.2, -0.15) is 0 Å². The molecule has 0 aromatic heterocycles. The predicted molar refractivity (Wildman–Crippen MR) is 222 cm³/mol. The summed E-state index contributed by atoms with van der Waals surface area (Å²) in [6, 6.07) is 15.2. The Morgan fingerprint density at radius 3 is 1.15 bits per heavy atom. The van der Waals surface area contributed by atoms with Crippen molar-refractivity contribution in [3.05, 3.63) is 103 Å². The Labute approximate surface area is 371 Å². The standard InChI is InChI=1S/C44H54N6O8.2BrH/c1-43(2,25-45-39(51)31-17-13-15-29-35(47(55)56)21-19-33(37(29)31)41(45)53)27-49(5,6)23-11-9-10-12-24-50(7,8)28-44(3,4)26-46-40(52)32-18-14-16-30-36(48(57)58)22-20-34(38(30)32)42(46)54;;/h13-22H,9-12,23-28H2,1-8H3;2*1H/q+2;;/p-2. The second-order valence-electron chi connectivity index (χ2n) is 19.0. The highest BCUT2D eigenvalue weighted by atomic mass is 79.9. The molecule has 6 rings (SSSR count). The molecule has 0 radical (unpaired) electrons. The highest BCUT2D eigenvalue weighted by molar-refractivity contribution is 6.27. The van der Waals surface area contributed by atoms with Crippen molar-refractivity contribution in [2.24, 2.45) is 10.8 Å². The van der Waals surface area contributed by atoms with E-state index in [2.05, 4.69) is 55.9 Å². The smallest absolute Gasteiger partial charge is 0.277 e. The van der Waals surface area contributed by atoms with Crippen molar-refractivity contribution in [1.29, 1.82) is 0 Å². The predicted octanol–water partition coefficient (Wildman–Crippen LogP) is 1.48. The van der Waals surface area contributed by atoms with Gasteiger partial charge in [-0.05, 0) is 62.1 Å². The van der Waals surface area contributed by atoms with E-state index in [9.17, 15) is 39.4 Å². The van der Waals surface area contributed by atoms with E-state index in [1.165, 1.54) is 34.1 Å². The molecule has 60 heavy (non-hydrogen) atoms. The molecule has 2 heterocycles. The van der Waals surface area contributed by atoms with Crippen LogP contribution >= 0.6 is 0 Å². The first-order valence-electron chi connectivity index (χ1n) is 19.8. The number of non-ortho nitro benzene ring substituents is 2. The number of carbonyl (C=O) groups excluding carboxylic acids is 4. The molecule has 322 valence electrons. The van der Waals surface area contributed by atoms with Gasteiger partial charge in [-0.3, -0.25) is 49.2 Å². The molecular weight excluding hydrogens is 900 g/mol. The summed E-state index contributed by atoms with van der Waals surface area (Å²) in [5.41, 5.74) is 0.140. The van der Waals surface area contributed by atoms with E-state index in [1.54, 1.807) is 36.4 Å². The quantitative estimate of drug-likeness (QED) is 0.0506. The number of hydrogen-bond acceptors (Lipinski definition) is 8. The highest BCUT2D eigenvalue weighted by Crippen LogP contribution is 2.38. The molecule has 0 saturated carbocycles. The van der Waals surface area contributed by atoms with Crippen molar-refractivity contribution < 1.29 is 72.0 Å². The summed E-state index contributed by atoms with van der Waals surface area (Å²) in [6.07, 6.45) is 4.10. The molecule has 0 unspecified atom stereocenters. The third-order valence-electron chi connectivity index (χ3n) is 11.5. The number of imide groups is 2. The zero-order chi connectivity index (χ0) is 42.5. The summed E-state index contributed by atoms with van der Waals surface area (Å²) in [7, 11) is 8.66. The molecular formula is C44H54Br2N6O8.